The number of hydrogen-bond donors (Lipinski definition) is 2. The Morgan fingerprint density at radius 1 is 1.54 bits per heavy atom. The van der Waals surface area contributed by atoms with Crippen LogP contribution in [0.15, 0.2) is 12.4 Å². The van der Waals surface area contributed by atoms with Gasteiger partial charge in [-0.1, -0.05) is 0 Å². The highest BCUT2D eigenvalue weighted by Gasteiger charge is 2.09. The number of nitrogens with one attached hydrogen (secondary N) is 1. The molecule has 0 aliphatic carbocycles. The van der Waals surface area contributed by atoms with Gasteiger partial charge in [-0.05, 0) is 13.0 Å². The van der Waals surface area contributed by atoms with Gasteiger partial charge in [-0.2, -0.15) is 0 Å². The average Bonchev–Trinajstić information content (AvgIpc) is 2.49. The summed E-state index contributed by atoms with van der Waals surface area (Å²) in [6.07, 6.45) is 1.41. The van der Waals surface area contributed by atoms with Crippen LogP contribution in [0.5, 0.6) is 0 Å². The van der Waals surface area contributed by atoms with E-state index in [-0.39, 0.29) is 5.69 Å². The van der Waals surface area contributed by atoms with Crippen LogP contribution in [0.3, 0.4) is 0 Å². The fourth-order valence-corrected chi connectivity index (χ4v) is 1.18. The van der Waals surface area contributed by atoms with Crippen molar-refractivity contribution in [3.63, 3.8) is 0 Å². The third kappa shape index (κ3) is 1.14. The third-order valence-corrected chi connectivity index (χ3v) is 1.84. The van der Waals surface area contributed by atoms with Crippen molar-refractivity contribution in [3.05, 3.63) is 23.8 Å². The lowest BCUT2D eigenvalue weighted by molar-refractivity contribution is 0.0691. The molecule has 0 aliphatic rings. The van der Waals surface area contributed by atoms with Crippen molar-refractivity contribution in [2.24, 2.45) is 0 Å². The number of aromatic carboxylic acids is 1. The monoisotopic (exact) mass is 177 g/mol. The maximum atomic E-state index is 10.6. The summed E-state index contributed by atoms with van der Waals surface area (Å²) in [7, 11) is 0. The van der Waals surface area contributed by atoms with Crippen molar-refractivity contribution in [1.82, 2.24) is 15.0 Å². The highest BCUT2D eigenvalue weighted by Crippen LogP contribution is 2.14. The molecule has 0 fully saturated rings. The van der Waals surface area contributed by atoms with Crippen LogP contribution in [-0.2, 0) is 0 Å². The van der Waals surface area contributed by atoms with Gasteiger partial charge in [0.15, 0.2) is 0 Å². The second kappa shape index (κ2) is 2.55. The number of carbonyl (C=O) groups is 1. The predicted octanol–water partition coefficient (Wildman–Crippen LogP) is 0.965. The van der Waals surface area contributed by atoms with E-state index >= 15 is 0 Å². The molecule has 2 aromatic heterocycles. The van der Waals surface area contributed by atoms with Crippen molar-refractivity contribution in [2.75, 3.05) is 0 Å². The van der Waals surface area contributed by atoms with Crippen LogP contribution in [-0.4, -0.2) is 26.0 Å². The summed E-state index contributed by atoms with van der Waals surface area (Å²) in [4.78, 5) is 21.2. The first kappa shape index (κ1) is 7.72. The molecule has 5 heteroatoms. The predicted molar refractivity (Wildman–Crippen MR) is 45.6 cm³/mol. The molecule has 0 aromatic carbocycles. The van der Waals surface area contributed by atoms with Gasteiger partial charge >= 0.3 is 5.97 Å². The zero-order valence-corrected chi connectivity index (χ0v) is 6.90. The average molecular weight is 177 g/mol. The lowest BCUT2D eigenvalue weighted by atomic mass is 10.3. The van der Waals surface area contributed by atoms with Crippen LogP contribution in [0.2, 0.25) is 0 Å². The van der Waals surface area contributed by atoms with Crippen molar-refractivity contribution < 1.29 is 9.90 Å². The molecule has 66 valence electrons. The van der Waals surface area contributed by atoms with Gasteiger partial charge in [-0.3, -0.25) is 0 Å². The molecule has 2 rings (SSSR count). The van der Waals surface area contributed by atoms with Gasteiger partial charge in [0.05, 0.1) is 16.7 Å². The maximum Gasteiger partial charge on any atom is 0.352 e. The number of aryl methyl sites for hydroxylation is 1. The first-order valence-corrected chi connectivity index (χ1v) is 3.72. The molecule has 0 saturated heterocycles. The van der Waals surface area contributed by atoms with Gasteiger partial charge in [-0.15, -0.1) is 0 Å². The molecule has 0 saturated carbocycles. The zero-order valence-electron chi connectivity index (χ0n) is 6.90. The summed E-state index contributed by atoms with van der Waals surface area (Å²) in [5, 5.41) is 8.70. The van der Waals surface area contributed by atoms with Crippen molar-refractivity contribution in [2.45, 2.75) is 6.92 Å². The molecule has 0 atom stereocenters. The lowest BCUT2D eigenvalue weighted by Gasteiger charge is -1.91. The summed E-state index contributed by atoms with van der Waals surface area (Å²) in [6, 6.07) is 1.49. The Morgan fingerprint density at radius 3 is 2.92 bits per heavy atom. The second-order valence-corrected chi connectivity index (χ2v) is 2.71. The van der Waals surface area contributed by atoms with Gasteiger partial charge in [0.2, 0.25) is 0 Å². The van der Waals surface area contributed by atoms with E-state index in [1.54, 1.807) is 6.92 Å². The number of carboxylic acid groups (broad SMARTS) is 1. The summed E-state index contributed by atoms with van der Waals surface area (Å²) in [5.74, 6) is -0.989. The standard InChI is InChI=1S/C8H7N3O2/c1-4-7-5(10-3-9-4)2-6(11-7)8(12)13/h2-3,11H,1H3,(H,12,13). The van der Waals surface area contributed by atoms with E-state index in [9.17, 15) is 4.79 Å². The van der Waals surface area contributed by atoms with Gasteiger partial charge in [0.25, 0.3) is 0 Å². The fraction of sp³-hybridized carbons (Fsp3) is 0.125. The quantitative estimate of drug-likeness (QED) is 0.680. The van der Waals surface area contributed by atoms with E-state index in [0.717, 1.165) is 5.69 Å². The Kier molecular flexibility index (Phi) is 1.51. The number of nitrogens with zero attached hydrogens (tertiary/aromatic N) is 2. The lowest BCUT2D eigenvalue weighted by Crippen LogP contribution is -1.95. The number of H-pyrrole nitrogens is 1. The molecule has 2 N–H and O–H groups in total. The van der Waals surface area contributed by atoms with E-state index in [4.69, 9.17) is 5.11 Å². The summed E-state index contributed by atoms with van der Waals surface area (Å²) >= 11 is 0. The number of aromatic amines is 1. The smallest absolute Gasteiger partial charge is 0.352 e. The third-order valence-electron chi connectivity index (χ3n) is 1.84. The fourth-order valence-electron chi connectivity index (χ4n) is 1.18. The molecule has 0 unspecified atom stereocenters. The van der Waals surface area contributed by atoms with Crippen LogP contribution in [0, 0.1) is 6.92 Å². The van der Waals surface area contributed by atoms with Crippen LogP contribution >= 0.6 is 0 Å². The zero-order chi connectivity index (χ0) is 9.42. The van der Waals surface area contributed by atoms with Crippen molar-refractivity contribution in [1.29, 1.82) is 0 Å². The number of aromatic nitrogens is 3. The minimum Gasteiger partial charge on any atom is -0.477 e. The second-order valence-electron chi connectivity index (χ2n) is 2.71. The van der Waals surface area contributed by atoms with Gasteiger partial charge in [-0.25, -0.2) is 14.8 Å². The molecule has 0 bridgehead atoms. The van der Waals surface area contributed by atoms with E-state index in [1.165, 1.54) is 12.4 Å². The minimum atomic E-state index is -0.989. The maximum absolute atomic E-state index is 10.6. The normalized spacial score (nSPS) is 10.5. The molecule has 2 aromatic rings. The highest BCUT2D eigenvalue weighted by molar-refractivity contribution is 5.92. The van der Waals surface area contributed by atoms with Crippen LogP contribution in [0.1, 0.15) is 16.2 Å². The van der Waals surface area contributed by atoms with E-state index < -0.39 is 5.97 Å². The highest BCUT2D eigenvalue weighted by atomic mass is 16.4. The van der Waals surface area contributed by atoms with E-state index in [1.807, 2.05) is 0 Å². The summed E-state index contributed by atoms with van der Waals surface area (Å²) in [6.45, 7) is 1.80. The molecule has 13 heavy (non-hydrogen) atoms. The number of fused-ring (bicyclic) bond motifs is 1. The molecular formula is C8H7N3O2. The Hall–Kier alpha value is -1.91. The van der Waals surface area contributed by atoms with Crippen molar-refractivity contribution in [3.8, 4) is 0 Å². The van der Waals surface area contributed by atoms with Gasteiger partial charge in [0.1, 0.15) is 12.0 Å². The van der Waals surface area contributed by atoms with Gasteiger partial charge in [0, 0.05) is 0 Å². The Balaban J connectivity index is 2.75. The van der Waals surface area contributed by atoms with Crippen molar-refractivity contribution >= 4 is 17.0 Å². The molecule has 0 spiro atoms. The van der Waals surface area contributed by atoms with E-state index in [0.29, 0.717) is 11.0 Å². The summed E-state index contributed by atoms with van der Waals surface area (Å²) in [5.41, 5.74) is 2.20. The Bertz CT molecular complexity index is 475. The molecule has 5 nitrogen and oxygen atoms in total. The number of hydrogen-bond acceptors (Lipinski definition) is 3. The number of carboxylic acids is 1. The first-order valence-electron chi connectivity index (χ1n) is 3.72. The minimum absolute atomic E-state index is 0.138. The van der Waals surface area contributed by atoms with E-state index in [2.05, 4.69) is 15.0 Å². The SMILES string of the molecule is Cc1ncnc2cc(C(=O)O)[nH]c12. The van der Waals surface area contributed by atoms with Crippen LogP contribution in [0.25, 0.3) is 11.0 Å². The molecule has 0 amide bonds. The molecular weight excluding hydrogens is 170 g/mol. The first-order chi connectivity index (χ1) is 6.18. The van der Waals surface area contributed by atoms with Crippen LogP contribution < -0.4 is 0 Å². The molecule has 2 heterocycles. The Morgan fingerprint density at radius 2 is 2.31 bits per heavy atom. The van der Waals surface area contributed by atoms with Crippen LogP contribution in [0.4, 0.5) is 0 Å². The topological polar surface area (TPSA) is 78.9 Å². The molecule has 0 radical (unpaired) electrons. The summed E-state index contributed by atoms with van der Waals surface area (Å²) < 4.78 is 0. The Labute approximate surface area is 73.4 Å². The number of rotatable bonds is 1. The van der Waals surface area contributed by atoms with Gasteiger partial charge < -0.3 is 10.1 Å². The molecule has 0 aliphatic heterocycles. The largest absolute Gasteiger partial charge is 0.477 e.